The van der Waals surface area contributed by atoms with Crippen molar-refractivity contribution in [1.29, 1.82) is 0 Å². The summed E-state index contributed by atoms with van der Waals surface area (Å²) in [6, 6.07) is 10.4. The molecule has 0 spiro atoms. The first-order valence-corrected chi connectivity index (χ1v) is 12.7. The van der Waals surface area contributed by atoms with Crippen molar-refractivity contribution in [2.75, 3.05) is 37.7 Å². The van der Waals surface area contributed by atoms with Crippen molar-refractivity contribution in [1.82, 2.24) is 10.2 Å². The monoisotopic (exact) mass is 563 g/mol. The van der Waals surface area contributed by atoms with Crippen LogP contribution in [0.25, 0.3) is 0 Å². The van der Waals surface area contributed by atoms with Gasteiger partial charge in [-0.3, -0.25) is 0 Å². The fourth-order valence-electron chi connectivity index (χ4n) is 4.17. The minimum atomic E-state index is -0.574. The van der Waals surface area contributed by atoms with Gasteiger partial charge in [-0.25, -0.2) is 14.0 Å². The van der Waals surface area contributed by atoms with Gasteiger partial charge in [-0.2, -0.15) is 0 Å². The second-order valence-corrected chi connectivity index (χ2v) is 10.7. The van der Waals surface area contributed by atoms with E-state index in [1.807, 2.05) is 56.0 Å². The van der Waals surface area contributed by atoms with Crippen molar-refractivity contribution >= 4 is 33.8 Å². The van der Waals surface area contributed by atoms with Gasteiger partial charge in [0.05, 0.1) is 16.2 Å². The third-order valence-corrected chi connectivity index (χ3v) is 6.70. The van der Waals surface area contributed by atoms with Crippen molar-refractivity contribution in [3.05, 3.63) is 57.8 Å². The number of amides is 2. The minimum Gasteiger partial charge on any atom is -0.490 e. The molecule has 1 saturated heterocycles. The number of piperazine rings is 1. The zero-order chi connectivity index (χ0) is 25.9. The van der Waals surface area contributed by atoms with Crippen LogP contribution < -0.4 is 15.0 Å². The van der Waals surface area contributed by atoms with Crippen LogP contribution in [-0.2, 0) is 22.5 Å². The van der Waals surface area contributed by atoms with E-state index in [9.17, 15) is 9.59 Å². The Bertz CT molecular complexity index is 1100. The minimum absolute atomic E-state index is 0.154. The van der Waals surface area contributed by atoms with Crippen LogP contribution >= 0.6 is 15.9 Å². The van der Waals surface area contributed by atoms with E-state index in [4.69, 9.17) is 14.2 Å². The van der Waals surface area contributed by atoms with E-state index in [1.165, 1.54) is 6.07 Å². The molecule has 0 bridgehead atoms. The first-order chi connectivity index (χ1) is 17.1. The second-order valence-electron chi connectivity index (χ2n) is 9.87. The molecular weight excluding hydrogens is 533 g/mol. The molecule has 2 aromatic carbocycles. The van der Waals surface area contributed by atoms with Gasteiger partial charge in [-0.1, -0.05) is 30.3 Å². The van der Waals surface area contributed by atoms with Crippen LogP contribution in [0.1, 0.15) is 31.9 Å². The molecule has 2 heterocycles. The maximum Gasteiger partial charge on any atom is 0.410 e. The Morgan fingerprint density at radius 2 is 1.86 bits per heavy atom. The number of ether oxygens (including phenoxy) is 3. The molecule has 194 valence electrons. The molecule has 2 amide bonds. The quantitative estimate of drug-likeness (QED) is 0.571. The Balaban J connectivity index is 1.35. The molecule has 36 heavy (non-hydrogen) atoms. The van der Waals surface area contributed by atoms with Gasteiger partial charge in [0.2, 0.25) is 0 Å². The normalized spacial score (nSPS) is 17.6. The maximum atomic E-state index is 15.2. The van der Waals surface area contributed by atoms with Crippen molar-refractivity contribution in [3.8, 4) is 5.75 Å². The number of hydrogen-bond acceptors (Lipinski definition) is 6. The molecule has 1 N–H and O–H groups in total. The summed E-state index contributed by atoms with van der Waals surface area (Å²) < 4.78 is 32.5. The number of anilines is 1. The molecule has 0 aliphatic carbocycles. The molecule has 0 aromatic heterocycles. The number of nitrogens with zero attached hydrogens (tertiary/aromatic N) is 2. The van der Waals surface area contributed by atoms with Gasteiger partial charge < -0.3 is 29.3 Å². The van der Waals surface area contributed by atoms with E-state index in [0.717, 1.165) is 5.56 Å². The predicted molar refractivity (Wildman–Crippen MR) is 137 cm³/mol. The van der Waals surface area contributed by atoms with Gasteiger partial charge in [-0.05, 0) is 48.3 Å². The number of alkyl carbamates (subject to hydrolysis) is 1. The van der Waals surface area contributed by atoms with Crippen LogP contribution in [0.5, 0.6) is 5.75 Å². The van der Waals surface area contributed by atoms with Crippen molar-refractivity contribution in [2.45, 2.75) is 45.4 Å². The average Bonchev–Trinajstić information content (AvgIpc) is 2.85. The highest BCUT2D eigenvalue weighted by Gasteiger charge is 2.31. The van der Waals surface area contributed by atoms with E-state index >= 15 is 4.39 Å². The van der Waals surface area contributed by atoms with Crippen molar-refractivity contribution < 1.29 is 28.2 Å². The Kier molecular flexibility index (Phi) is 7.92. The van der Waals surface area contributed by atoms with Gasteiger partial charge in [0.1, 0.15) is 30.4 Å². The lowest BCUT2D eigenvalue weighted by molar-refractivity contribution is 0.0240. The first-order valence-electron chi connectivity index (χ1n) is 11.9. The standard InChI is InChI=1S/C26H31BrFN3O5/c1-26(2,3)36-25(33)31-11-9-30(10-12-31)21-14-20(28)19-13-18(16-34-23(19)22(21)27)29-24(32)35-15-17-7-5-4-6-8-17/h4-8,14,18H,9-13,15-16H2,1-3H3,(H,29,32)/t18-/m1/s1. The summed E-state index contributed by atoms with van der Waals surface area (Å²) in [7, 11) is 0. The highest BCUT2D eigenvalue weighted by Crippen LogP contribution is 2.42. The molecule has 0 radical (unpaired) electrons. The number of rotatable bonds is 4. The Hall–Kier alpha value is -3.01. The second kappa shape index (κ2) is 10.9. The van der Waals surface area contributed by atoms with E-state index in [1.54, 1.807) is 4.90 Å². The third-order valence-electron chi connectivity index (χ3n) is 5.94. The molecule has 2 aliphatic heterocycles. The van der Waals surface area contributed by atoms with Crippen LogP contribution in [-0.4, -0.2) is 61.5 Å². The molecule has 0 saturated carbocycles. The molecule has 10 heteroatoms. The van der Waals surface area contributed by atoms with Crippen molar-refractivity contribution in [2.24, 2.45) is 0 Å². The Labute approximate surface area is 218 Å². The number of benzene rings is 2. The molecule has 1 atom stereocenters. The van der Waals surface area contributed by atoms with E-state index in [-0.39, 0.29) is 25.7 Å². The number of carbonyl (C=O) groups is 2. The van der Waals surface area contributed by atoms with E-state index in [2.05, 4.69) is 21.2 Å². The van der Waals surface area contributed by atoms with E-state index in [0.29, 0.717) is 47.7 Å². The van der Waals surface area contributed by atoms with Crippen LogP contribution in [0.15, 0.2) is 40.9 Å². The largest absolute Gasteiger partial charge is 0.490 e. The summed E-state index contributed by atoms with van der Waals surface area (Å²) in [5, 5.41) is 2.76. The van der Waals surface area contributed by atoms with Crippen molar-refractivity contribution in [3.63, 3.8) is 0 Å². The van der Waals surface area contributed by atoms with Crippen LogP contribution in [0.2, 0.25) is 0 Å². The SMILES string of the molecule is CC(C)(C)OC(=O)N1CCN(c2cc(F)c3c(c2Br)OC[C@H](NC(=O)OCc2ccccc2)C3)CC1. The summed E-state index contributed by atoms with van der Waals surface area (Å²) in [4.78, 5) is 28.2. The topological polar surface area (TPSA) is 80.3 Å². The summed E-state index contributed by atoms with van der Waals surface area (Å²) >= 11 is 3.59. The summed E-state index contributed by atoms with van der Waals surface area (Å²) in [6.45, 7) is 7.87. The molecule has 4 rings (SSSR count). The maximum absolute atomic E-state index is 15.2. The molecule has 1 fully saturated rings. The van der Waals surface area contributed by atoms with Gasteiger partial charge in [0, 0.05) is 38.2 Å². The van der Waals surface area contributed by atoms with Crippen LogP contribution in [0.4, 0.5) is 19.7 Å². The zero-order valence-corrected chi connectivity index (χ0v) is 22.3. The zero-order valence-electron chi connectivity index (χ0n) is 20.7. The van der Waals surface area contributed by atoms with E-state index < -0.39 is 23.6 Å². The third kappa shape index (κ3) is 6.40. The molecule has 2 aliphatic rings. The first kappa shape index (κ1) is 26.1. The fraction of sp³-hybridized carbons (Fsp3) is 0.462. The Morgan fingerprint density at radius 1 is 1.17 bits per heavy atom. The highest BCUT2D eigenvalue weighted by atomic mass is 79.9. The lowest BCUT2D eigenvalue weighted by atomic mass is 10.0. The Morgan fingerprint density at radius 3 is 2.53 bits per heavy atom. The number of nitrogens with one attached hydrogen (secondary N) is 1. The predicted octanol–water partition coefficient (Wildman–Crippen LogP) is 4.88. The summed E-state index contributed by atoms with van der Waals surface area (Å²) in [5.41, 5.74) is 1.40. The smallest absolute Gasteiger partial charge is 0.410 e. The number of carbonyl (C=O) groups excluding carboxylic acids is 2. The lowest BCUT2D eigenvalue weighted by Crippen LogP contribution is -2.50. The summed E-state index contributed by atoms with van der Waals surface area (Å²) in [5.74, 6) is 0.0391. The van der Waals surface area contributed by atoms with Crippen LogP contribution in [0, 0.1) is 5.82 Å². The molecule has 0 unspecified atom stereocenters. The highest BCUT2D eigenvalue weighted by molar-refractivity contribution is 9.10. The fourth-order valence-corrected chi connectivity index (χ4v) is 4.89. The van der Waals surface area contributed by atoms with Gasteiger partial charge >= 0.3 is 12.2 Å². The molecular formula is C26H31BrFN3O5. The number of hydrogen-bond donors (Lipinski definition) is 1. The average molecular weight is 564 g/mol. The number of fused-ring (bicyclic) bond motifs is 1. The summed E-state index contributed by atoms with van der Waals surface area (Å²) in [6.07, 6.45) is -0.635. The van der Waals surface area contributed by atoms with Gasteiger partial charge in [0.15, 0.2) is 0 Å². The van der Waals surface area contributed by atoms with Gasteiger partial charge in [0.25, 0.3) is 0 Å². The molecule has 2 aromatic rings. The van der Waals surface area contributed by atoms with Gasteiger partial charge in [-0.15, -0.1) is 0 Å². The number of halogens is 2. The lowest BCUT2D eigenvalue weighted by Gasteiger charge is -2.38. The molecule has 8 nitrogen and oxygen atoms in total. The van der Waals surface area contributed by atoms with Crippen LogP contribution in [0.3, 0.4) is 0 Å².